The Morgan fingerprint density at radius 3 is 2.41 bits per heavy atom. The van der Waals surface area contributed by atoms with Crippen LogP contribution < -0.4 is 10.1 Å². The molecule has 17 heavy (non-hydrogen) atoms. The summed E-state index contributed by atoms with van der Waals surface area (Å²) < 4.78 is 5.28. The van der Waals surface area contributed by atoms with Crippen molar-refractivity contribution in [2.45, 2.75) is 33.2 Å². The van der Waals surface area contributed by atoms with Crippen LogP contribution in [0.2, 0.25) is 0 Å². The number of hydrogen-bond acceptors (Lipinski definition) is 3. The highest BCUT2D eigenvalue weighted by atomic mass is 16.5. The van der Waals surface area contributed by atoms with Gasteiger partial charge < -0.3 is 15.2 Å². The molecule has 0 aliphatic carbocycles. The van der Waals surface area contributed by atoms with Crippen LogP contribution in [-0.2, 0) is 4.79 Å². The van der Waals surface area contributed by atoms with Gasteiger partial charge in [-0.2, -0.15) is 0 Å². The van der Waals surface area contributed by atoms with Gasteiger partial charge in [-0.15, -0.1) is 0 Å². The monoisotopic (exact) mass is 237 g/mol. The number of carboxylic acid groups (broad SMARTS) is 1. The molecule has 1 aromatic rings. The number of rotatable bonds is 4. The van der Waals surface area contributed by atoms with E-state index in [-0.39, 0.29) is 0 Å². The molecule has 0 bridgehead atoms. The van der Waals surface area contributed by atoms with Crippen LogP contribution in [0.4, 0.5) is 5.69 Å². The van der Waals surface area contributed by atoms with Gasteiger partial charge in [0, 0.05) is 0 Å². The van der Waals surface area contributed by atoms with Crippen molar-refractivity contribution in [1.29, 1.82) is 0 Å². The third-order valence-corrected chi connectivity index (χ3v) is 2.64. The molecular formula is C13H19NO3. The molecule has 0 saturated heterocycles. The molecule has 1 rings (SSSR count). The number of ether oxygens (including phenoxy) is 1. The number of aliphatic carboxylic acids is 1. The molecule has 2 N–H and O–H groups in total. The first kappa shape index (κ1) is 13.4. The van der Waals surface area contributed by atoms with E-state index in [1.807, 2.05) is 26.0 Å². The van der Waals surface area contributed by atoms with Crippen molar-refractivity contribution in [3.8, 4) is 5.75 Å². The fourth-order valence-electron chi connectivity index (χ4n) is 1.62. The lowest BCUT2D eigenvalue weighted by atomic mass is 10.0. The molecular weight excluding hydrogens is 218 g/mol. The minimum absolute atomic E-state index is 0.664. The second kappa shape index (κ2) is 4.65. The van der Waals surface area contributed by atoms with Crippen molar-refractivity contribution in [2.75, 3.05) is 12.4 Å². The SMILES string of the molecule is COc1cc(C)cc(C)c1NC(C)(C)C(=O)O. The molecule has 0 atom stereocenters. The molecule has 0 amide bonds. The standard InChI is InChI=1S/C13H19NO3/c1-8-6-9(2)11(10(7-8)17-5)14-13(3,4)12(15)16/h6-7,14H,1-5H3,(H,15,16). The van der Waals surface area contributed by atoms with Crippen LogP contribution in [0.1, 0.15) is 25.0 Å². The van der Waals surface area contributed by atoms with E-state index in [0.29, 0.717) is 5.75 Å². The summed E-state index contributed by atoms with van der Waals surface area (Å²) >= 11 is 0. The van der Waals surface area contributed by atoms with Gasteiger partial charge in [0.1, 0.15) is 11.3 Å². The summed E-state index contributed by atoms with van der Waals surface area (Å²) in [5, 5.41) is 12.1. The minimum Gasteiger partial charge on any atom is -0.495 e. The Balaban J connectivity index is 3.18. The Bertz CT molecular complexity index is 439. The van der Waals surface area contributed by atoms with Crippen LogP contribution in [0, 0.1) is 13.8 Å². The maximum absolute atomic E-state index is 11.1. The van der Waals surface area contributed by atoms with Gasteiger partial charge in [0.05, 0.1) is 12.8 Å². The van der Waals surface area contributed by atoms with E-state index in [4.69, 9.17) is 9.84 Å². The third-order valence-electron chi connectivity index (χ3n) is 2.64. The second-order valence-corrected chi connectivity index (χ2v) is 4.71. The number of nitrogens with one attached hydrogen (secondary N) is 1. The first-order chi connectivity index (χ1) is 7.77. The first-order valence-electron chi connectivity index (χ1n) is 5.44. The van der Waals surface area contributed by atoms with Crippen LogP contribution in [0.5, 0.6) is 5.75 Å². The summed E-state index contributed by atoms with van der Waals surface area (Å²) in [5.74, 6) is -0.239. The highest BCUT2D eigenvalue weighted by molar-refractivity contribution is 5.83. The number of carbonyl (C=O) groups is 1. The number of hydrogen-bond donors (Lipinski definition) is 2. The maximum Gasteiger partial charge on any atom is 0.328 e. The Morgan fingerprint density at radius 2 is 1.94 bits per heavy atom. The van der Waals surface area contributed by atoms with Crippen molar-refractivity contribution in [1.82, 2.24) is 0 Å². The zero-order valence-corrected chi connectivity index (χ0v) is 10.9. The second-order valence-electron chi connectivity index (χ2n) is 4.71. The Hall–Kier alpha value is -1.71. The summed E-state index contributed by atoms with van der Waals surface area (Å²) in [4.78, 5) is 11.1. The zero-order valence-electron chi connectivity index (χ0n) is 10.9. The smallest absolute Gasteiger partial charge is 0.328 e. The van der Waals surface area contributed by atoms with E-state index in [0.717, 1.165) is 16.8 Å². The van der Waals surface area contributed by atoms with E-state index in [1.165, 1.54) is 0 Å². The van der Waals surface area contributed by atoms with E-state index < -0.39 is 11.5 Å². The van der Waals surface area contributed by atoms with Gasteiger partial charge in [-0.25, -0.2) is 4.79 Å². The molecule has 0 aliphatic rings. The molecule has 0 fully saturated rings. The minimum atomic E-state index is -1.03. The van der Waals surface area contributed by atoms with Gasteiger partial charge in [-0.1, -0.05) is 6.07 Å². The van der Waals surface area contributed by atoms with Crippen LogP contribution in [0.3, 0.4) is 0 Å². The molecule has 1 aromatic carbocycles. The lowest BCUT2D eigenvalue weighted by Crippen LogP contribution is -2.40. The average Bonchev–Trinajstić information content (AvgIpc) is 2.21. The van der Waals surface area contributed by atoms with Gasteiger partial charge in [0.25, 0.3) is 0 Å². The van der Waals surface area contributed by atoms with Crippen molar-refractivity contribution < 1.29 is 14.6 Å². The maximum atomic E-state index is 11.1. The van der Waals surface area contributed by atoms with E-state index >= 15 is 0 Å². The first-order valence-corrected chi connectivity index (χ1v) is 5.44. The number of aryl methyl sites for hydroxylation is 2. The largest absolute Gasteiger partial charge is 0.495 e. The topological polar surface area (TPSA) is 58.6 Å². The van der Waals surface area contributed by atoms with Gasteiger partial charge in [-0.3, -0.25) is 0 Å². The van der Waals surface area contributed by atoms with Gasteiger partial charge >= 0.3 is 5.97 Å². The van der Waals surface area contributed by atoms with Gasteiger partial charge in [-0.05, 0) is 44.9 Å². The molecule has 0 heterocycles. The van der Waals surface area contributed by atoms with Crippen LogP contribution >= 0.6 is 0 Å². The molecule has 0 radical (unpaired) electrons. The molecule has 0 spiro atoms. The number of methoxy groups -OCH3 is 1. The molecule has 0 saturated carbocycles. The molecule has 0 aliphatic heterocycles. The van der Waals surface area contributed by atoms with Crippen molar-refractivity contribution in [3.05, 3.63) is 23.3 Å². The number of benzene rings is 1. The summed E-state index contributed by atoms with van der Waals surface area (Å²) in [6.45, 7) is 7.14. The van der Waals surface area contributed by atoms with E-state index in [2.05, 4.69) is 5.32 Å². The Kier molecular flexibility index (Phi) is 3.66. The predicted molar refractivity (Wildman–Crippen MR) is 67.8 cm³/mol. The van der Waals surface area contributed by atoms with E-state index in [1.54, 1.807) is 21.0 Å². The molecule has 4 nitrogen and oxygen atoms in total. The summed E-state index contributed by atoms with van der Waals surface area (Å²) in [6, 6.07) is 3.87. The normalized spacial score (nSPS) is 11.1. The molecule has 0 aromatic heterocycles. The van der Waals surface area contributed by atoms with Crippen molar-refractivity contribution in [2.24, 2.45) is 0 Å². The number of anilines is 1. The quantitative estimate of drug-likeness (QED) is 0.845. The lowest BCUT2D eigenvalue weighted by Gasteiger charge is -2.25. The third kappa shape index (κ3) is 2.90. The fraction of sp³-hybridized carbons (Fsp3) is 0.462. The summed E-state index contributed by atoms with van der Waals surface area (Å²) in [7, 11) is 1.58. The summed E-state index contributed by atoms with van der Waals surface area (Å²) in [6.07, 6.45) is 0. The Labute approximate surface area is 102 Å². The van der Waals surface area contributed by atoms with Crippen LogP contribution in [0.15, 0.2) is 12.1 Å². The fourth-order valence-corrected chi connectivity index (χ4v) is 1.62. The highest BCUT2D eigenvalue weighted by Gasteiger charge is 2.28. The lowest BCUT2D eigenvalue weighted by molar-refractivity contribution is -0.141. The van der Waals surface area contributed by atoms with Gasteiger partial charge in [0.15, 0.2) is 0 Å². The van der Waals surface area contributed by atoms with Crippen LogP contribution in [0.25, 0.3) is 0 Å². The van der Waals surface area contributed by atoms with Crippen LogP contribution in [-0.4, -0.2) is 23.7 Å². The molecule has 0 unspecified atom stereocenters. The zero-order chi connectivity index (χ0) is 13.2. The van der Waals surface area contributed by atoms with Crippen molar-refractivity contribution in [3.63, 3.8) is 0 Å². The predicted octanol–water partition coefficient (Wildman–Crippen LogP) is 2.59. The molecule has 94 valence electrons. The van der Waals surface area contributed by atoms with E-state index in [9.17, 15) is 4.79 Å². The van der Waals surface area contributed by atoms with Crippen molar-refractivity contribution >= 4 is 11.7 Å². The highest BCUT2D eigenvalue weighted by Crippen LogP contribution is 2.32. The Morgan fingerprint density at radius 1 is 1.35 bits per heavy atom. The average molecular weight is 237 g/mol. The number of carboxylic acids is 1. The molecule has 4 heteroatoms. The summed E-state index contributed by atoms with van der Waals surface area (Å²) in [5.41, 5.74) is 1.74. The van der Waals surface area contributed by atoms with Gasteiger partial charge in [0.2, 0.25) is 0 Å².